The third-order valence-electron chi connectivity index (χ3n) is 2.16. The zero-order chi connectivity index (χ0) is 15.3. The van der Waals surface area contributed by atoms with Gasteiger partial charge >= 0.3 is 5.97 Å². The van der Waals surface area contributed by atoms with Gasteiger partial charge in [-0.2, -0.15) is 5.26 Å². The summed E-state index contributed by atoms with van der Waals surface area (Å²) in [6, 6.07) is 5.68. The maximum atomic E-state index is 11.6. The first-order chi connectivity index (χ1) is 9.35. The second-order valence-corrected chi connectivity index (χ2v) is 4.50. The van der Waals surface area contributed by atoms with Crippen molar-refractivity contribution in [1.29, 1.82) is 5.26 Å². The van der Waals surface area contributed by atoms with Gasteiger partial charge < -0.3 is 4.74 Å². The fourth-order valence-electron chi connectivity index (χ4n) is 1.34. The van der Waals surface area contributed by atoms with Crippen LogP contribution in [0.1, 0.15) is 19.4 Å². The van der Waals surface area contributed by atoms with Crippen molar-refractivity contribution in [3.63, 3.8) is 0 Å². The largest absolute Gasteiger partial charge is 0.459 e. The zero-order valence-corrected chi connectivity index (χ0v) is 11.5. The summed E-state index contributed by atoms with van der Waals surface area (Å²) in [5.74, 6) is -0.778. The molecule has 0 aromatic heterocycles. The Labute approximate surface area is 120 Å². The number of ether oxygens (including phenoxy) is 1. The predicted molar refractivity (Wildman–Crippen MR) is 72.9 cm³/mol. The minimum Gasteiger partial charge on any atom is -0.459 e. The quantitative estimate of drug-likeness (QED) is 0.280. The van der Waals surface area contributed by atoms with Crippen LogP contribution in [0.15, 0.2) is 23.8 Å². The average molecular weight is 295 g/mol. The van der Waals surface area contributed by atoms with E-state index in [0.29, 0.717) is 5.56 Å². The molecule has 0 radical (unpaired) electrons. The number of nitriles is 1. The summed E-state index contributed by atoms with van der Waals surface area (Å²) in [5, 5.41) is 19.7. The highest BCUT2D eigenvalue weighted by Crippen LogP contribution is 2.26. The summed E-state index contributed by atoms with van der Waals surface area (Å²) >= 11 is 5.67. The fourth-order valence-corrected chi connectivity index (χ4v) is 1.53. The molecule has 0 unspecified atom stereocenters. The van der Waals surface area contributed by atoms with E-state index in [1.807, 2.05) is 0 Å². The highest BCUT2D eigenvalue weighted by atomic mass is 35.5. The van der Waals surface area contributed by atoms with Gasteiger partial charge in [0.1, 0.15) is 16.7 Å². The van der Waals surface area contributed by atoms with Crippen LogP contribution in [-0.4, -0.2) is 17.0 Å². The molecule has 0 aliphatic carbocycles. The monoisotopic (exact) mass is 294 g/mol. The summed E-state index contributed by atoms with van der Waals surface area (Å²) in [4.78, 5) is 21.7. The van der Waals surface area contributed by atoms with Crippen LogP contribution in [0.25, 0.3) is 6.08 Å². The average Bonchev–Trinajstić information content (AvgIpc) is 2.36. The van der Waals surface area contributed by atoms with E-state index in [-0.39, 0.29) is 22.4 Å². The van der Waals surface area contributed by atoms with Crippen molar-refractivity contribution in [3.05, 3.63) is 44.5 Å². The van der Waals surface area contributed by atoms with Gasteiger partial charge in [-0.3, -0.25) is 10.1 Å². The van der Waals surface area contributed by atoms with Gasteiger partial charge in [0.15, 0.2) is 0 Å². The molecule has 7 heteroatoms. The topological polar surface area (TPSA) is 93.2 Å². The molecule has 6 nitrogen and oxygen atoms in total. The molecule has 104 valence electrons. The van der Waals surface area contributed by atoms with Crippen molar-refractivity contribution in [2.24, 2.45) is 0 Å². The van der Waals surface area contributed by atoms with E-state index in [9.17, 15) is 14.9 Å². The molecular weight excluding hydrogens is 284 g/mol. The van der Waals surface area contributed by atoms with Crippen LogP contribution in [0, 0.1) is 21.4 Å². The Morgan fingerprint density at radius 1 is 1.55 bits per heavy atom. The molecule has 0 fully saturated rings. The van der Waals surface area contributed by atoms with E-state index in [2.05, 4.69) is 0 Å². The van der Waals surface area contributed by atoms with Gasteiger partial charge in [0, 0.05) is 6.07 Å². The van der Waals surface area contributed by atoms with Gasteiger partial charge in [0.25, 0.3) is 5.69 Å². The molecule has 0 amide bonds. The summed E-state index contributed by atoms with van der Waals surface area (Å²) < 4.78 is 4.89. The number of esters is 1. The molecule has 0 bridgehead atoms. The Morgan fingerprint density at radius 2 is 2.20 bits per heavy atom. The van der Waals surface area contributed by atoms with Crippen molar-refractivity contribution >= 4 is 29.3 Å². The second-order valence-electron chi connectivity index (χ2n) is 4.09. The summed E-state index contributed by atoms with van der Waals surface area (Å²) in [6.07, 6.45) is 0.854. The highest BCUT2D eigenvalue weighted by Gasteiger charge is 2.15. The smallest absolute Gasteiger partial charge is 0.349 e. The predicted octanol–water partition coefficient (Wildman–Crippen LogP) is 3.11. The van der Waals surface area contributed by atoms with Gasteiger partial charge in [-0.1, -0.05) is 17.7 Å². The number of nitro groups is 1. The molecule has 0 aliphatic rings. The molecule has 1 rings (SSSR count). The van der Waals surface area contributed by atoms with E-state index < -0.39 is 10.9 Å². The lowest BCUT2D eigenvalue weighted by Gasteiger charge is -2.06. The Morgan fingerprint density at radius 3 is 2.70 bits per heavy atom. The lowest BCUT2D eigenvalue weighted by molar-refractivity contribution is -0.384. The molecular formula is C13H11ClN2O4. The zero-order valence-electron chi connectivity index (χ0n) is 10.8. The molecule has 1 aromatic carbocycles. The second kappa shape index (κ2) is 6.68. The molecule has 1 aromatic rings. The van der Waals surface area contributed by atoms with Crippen LogP contribution in [0.2, 0.25) is 5.02 Å². The van der Waals surface area contributed by atoms with Gasteiger partial charge in [0.05, 0.1) is 11.0 Å². The number of rotatable bonds is 4. The molecule has 0 saturated heterocycles. The van der Waals surface area contributed by atoms with Crippen molar-refractivity contribution < 1.29 is 14.5 Å². The first-order valence-electron chi connectivity index (χ1n) is 5.62. The van der Waals surface area contributed by atoms with E-state index >= 15 is 0 Å². The molecule has 0 saturated carbocycles. The number of carbonyl (C=O) groups excluding carboxylic acids is 1. The third-order valence-corrected chi connectivity index (χ3v) is 2.48. The standard InChI is InChI=1S/C13H11ClN2O4/c1-8(2)20-13(17)10(7-15)5-9-3-4-11(14)12(6-9)16(18)19/h3-6,8H,1-2H3. The Bertz CT molecular complexity index is 617. The number of hydrogen-bond donors (Lipinski definition) is 0. The SMILES string of the molecule is CC(C)OC(=O)C(C#N)=Cc1ccc(Cl)c([N+](=O)[O-])c1. The lowest BCUT2D eigenvalue weighted by Crippen LogP contribution is -2.12. The van der Waals surface area contributed by atoms with Crippen molar-refractivity contribution in [3.8, 4) is 6.07 Å². The van der Waals surface area contributed by atoms with Crippen molar-refractivity contribution in [2.75, 3.05) is 0 Å². The number of hydrogen-bond acceptors (Lipinski definition) is 5. The Kier molecular flexibility index (Phi) is 5.23. The van der Waals surface area contributed by atoms with Gasteiger partial charge in [-0.05, 0) is 31.6 Å². The highest BCUT2D eigenvalue weighted by molar-refractivity contribution is 6.32. The lowest BCUT2D eigenvalue weighted by atomic mass is 10.1. The van der Waals surface area contributed by atoms with E-state index in [4.69, 9.17) is 21.6 Å². The molecule has 0 aliphatic heterocycles. The first kappa shape index (κ1) is 15.7. The third kappa shape index (κ3) is 4.07. The summed E-state index contributed by atoms with van der Waals surface area (Å²) in [7, 11) is 0. The Balaban J connectivity index is 3.14. The number of nitrogens with zero attached hydrogens (tertiary/aromatic N) is 2. The number of carbonyl (C=O) groups is 1. The fraction of sp³-hybridized carbons (Fsp3) is 0.231. The van der Waals surface area contributed by atoms with Crippen LogP contribution in [0.3, 0.4) is 0 Å². The summed E-state index contributed by atoms with van der Waals surface area (Å²) in [6.45, 7) is 3.31. The first-order valence-corrected chi connectivity index (χ1v) is 5.99. The van der Waals surface area contributed by atoms with E-state index in [1.165, 1.54) is 24.3 Å². The normalized spacial score (nSPS) is 11.1. The Hall–Kier alpha value is -2.39. The molecule has 20 heavy (non-hydrogen) atoms. The molecule has 0 atom stereocenters. The van der Waals surface area contributed by atoms with E-state index in [0.717, 1.165) is 0 Å². The molecule has 0 heterocycles. The van der Waals surface area contributed by atoms with Gasteiger partial charge in [-0.25, -0.2) is 4.79 Å². The van der Waals surface area contributed by atoms with Crippen LogP contribution >= 0.6 is 11.6 Å². The number of nitro benzene ring substituents is 1. The van der Waals surface area contributed by atoms with E-state index in [1.54, 1.807) is 19.9 Å². The van der Waals surface area contributed by atoms with Gasteiger partial charge in [0.2, 0.25) is 0 Å². The number of halogens is 1. The van der Waals surface area contributed by atoms with Crippen LogP contribution in [0.5, 0.6) is 0 Å². The number of benzene rings is 1. The van der Waals surface area contributed by atoms with Crippen LogP contribution in [-0.2, 0) is 9.53 Å². The van der Waals surface area contributed by atoms with Crippen LogP contribution in [0.4, 0.5) is 5.69 Å². The summed E-state index contributed by atoms with van der Waals surface area (Å²) in [5.41, 5.74) is -0.219. The minimum absolute atomic E-state index is 0.0181. The van der Waals surface area contributed by atoms with Crippen molar-refractivity contribution in [1.82, 2.24) is 0 Å². The van der Waals surface area contributed by atoms with Crippen molar-refractivity contribution in [2.45, 2.75) is 20.0 Å². The maximum absolute atomic E-state index is 11.6. The van der Waals surface area contributed by atoms with Crippen LogP contribution < -0.4 is 0 Å². The molecule has 0 spiro atoms. The minimum atomic E-state index is -0.778. The molecule has 0 N–H and O–H groups in total. The van der Waals surface area contributed by atoms with Gasteiger partial charge in [-0.15, -0.1) is 0 Å². The maximum Gasteiger partial charge on any atom is 0.349 e.